The number of nitrogens with one attached hydrogen (secondary N) is 1. The van der Waals surface area contributed by atoms with Crippen molar-refractivity contribution in [2.75, 3.05) is 0 Å². The zero-order valence-electron chi connectivity index (χ0n) is 16.5. The van der Waals surface area contributed by atoms with Crippen molar-refractivity contribution in [3.8, 4) is 28.3 Å². The van der Waals surface area contributed by atoms with Gasteiger partial charge < -0.3 is 5.73 Å². The third-order valence-electron chi connectivity index (χ3n) is 5.12. The Morgan fingerprint density at radius 1 is 0.839 bits per heavy atom. The SMILES string of the molecule is N=C(N)c1ccc(-n2nc(-c3ccccc3)cc2-c2ccc3cc(F)ccc3n2)cc1. The second-order valence-electron chi connectivity index (χ2n) is 7.19. The van der Waals surface area contributed by atoms with Crippen LogP contribution in [-0.4, -0.2) is 20.6 Å². The Hall–Kier alpha value is -4.32. The molecule has 5 nitrogen and oxygen atoms in total. The van der Waals surface area contributed by atoms with Gasteiger partial charge in [0.1, 0.15) is 11.7 Å². The Morgan fingerprint density at radius 3 is 2.35 bits per heavy atom. The van der Waals surface area contributed by atoms with Gasteiger partial charge in [-0.3, -0.25) is 5.41 Å². The van der Waals surface area contributed by atoms with Gasteiger partial charge in [-0.2, -0.15) is 5.10 Å². The molecule has 150 valence electrons. The first-order valence-corrected chi connectivity index (χ1v) is 9.75. The summed E-state index contributed by atoms with van der Waals surface area (Å²) in [6, 6.07) is 27.5. The molecule has 0 atom stereocenters. The van der Waals surface area contributed by atoms with E-state index in [1.807, 2.05) is 65.3 Å². The number of nitrogens with zero attached hydrogens (tertiary/aromatic N) is 3. The predicted molar refractivity (Wildman–Crippen MR) is 121 cm³/mol. The zero-order valence-corrected chi connectivity index (χ0v) is 16.5. The summed E-state index contributed by atoms with van der Waals surface area (Å²) in [4.78, 5) is 4.74. The van der Waals surface area contributed by atoms with Gasteiger partial charge in [0.25, 0.3) is 0 Å². The van der Waals surface area contributed by atoms with E-state index in [4.69, 9.17) is 21.2 Å². The van der Waals surface area contributed by atoms with Crippen molar-refractivity contribution in [2.45, 2.75) is 0 Å². The van der Waals surface area contributed by atoms with Gasteiger partial charge in [-0.1, -0.05) is 36.4 Å². The summed E-state index contributed by atoms with van der Waals surface area (Å²) in [5.41, 5.74) is 11.1. The van der Waals surface area contributed by atoms with Crippen LogP contribution in [0.4, 0.5) is 4.39 Å². The molecule has 6 heteroatoms. The molecular formula is C25H18FN5. The lowest BCUT2D eigenvalue weighted by molar-refractivity contribution is 0.629. The summed E-state index contributed by atoms with van der Waals surface area (Å²) >= 11 is 0. The summed E-state index contributed by atoms with van der Waals surface area (Å²) < 4.78 is 15.4. The summed E-state index contributed by atoms with van der Waals surface area (Å²) in [6.07, 6.45) is 0. The quantitative estimate of drug-likeness (QED) is 0.318. The van der Waals surface area contributed by atoms with Crippen LogP contribution in [0.15, 0.2) is 91.0 Å². The van der Waals surface area contributed by atoms with E-state index in [9.17, 15) is 4.39 Å². The monoisotopic (exact) mass is 407 g/mol. The van der Waals surface area contributed by atoms with E-state index in [0.717, 1.165) is 33.7 Å². The number of halogens is 1. The number of fused-ring (bicyclic) bond motifs is 1. The number of hydrogen-bond donors (Lipinski definition) is 2. The van der Waals surface area contributed by atoms with Gasteiger partial charge in [0.05, 0.1) is 28.3 Å². The molecule has 3 N–H and O–H groups in total. The largest absolute Gasteiger partial charge is 0.384 e. The van der Waals surface area contributed by atoms with Gasteiger partial charge in [0.2, 0.25) is 0 Å². The van der Waals surface area contributed by atoms with E-state index in [0.29, 0.717) is 11.1 Å². The number of hydrogen-bond acceptors (Lipinski definition) is 3. The van der Waals surface area contributed by atoms with Gasteiger partial charge in [-0.25, -0.2) is 14.1 Å². The van der Waals surface area contributed by atoms with E-state index >= 15 is 0 Å². The zero-order chi connectivity index (χ0) is 21.4. The second kappa shape index (κ2) is 7.50. The molecule has 0 spiro atoms. The number of aromatic nitrogens is 3. The molecule has 0 aliphatic carbocycles. The van der Waals surface area contributed by atoms with E-state index in [1.165, 1.54) is 12.1 Å². The molecule has 0 unspecified atom stereocenters. The fourth-order valence-electron chi connectivity index (χ4n) is 3.53. The Labute approximate surface area is 178 Å². The van der Waals surface area contributed by atoms with E-state index in [1.54, 1.807) is 18.2 Å². The standard InChI is InChI=1S/C25H18FN5/c26-19-9-13-21-18(14-19)8-12-22(29-21)24-15-23(16-4-2-1-3-5-16)30-31(24)20-10-6-17(7-11-20)25(27)28/h1-15H,(H3,27,28). The Bertz CT molecular complexity index is 1410. The highest BCUT2D eigenvalue weighted by Crippen LogP contribution is 2.29. The minimum atomic E-state index is -0.288. The Kier molecular flexibility index (Phi) is 4.52. The van der Waals surface area contributed by atoms with Crippen molar-refractivity contribution in [1.82, 2.24) is 14.8 Å². The maximum Gasteiger partial charge on any atom is 0.123 e. The third kappa shape index (κ3) is 3.55. The summed E-state index contributed by atoms with van der Waals surface area (Å²) in [5.74, 6) is -0.273. The highest BCUT2D eigenvalue weighted by Gasteiger charge is 2.15. The second-order valence-corrected chi connectivity index (χ2v) is 7.19. The highest BCUT2D eigenvalue weighted by molar-refractivity contribution is 5.95. The minimum Gasteiger partial charge on any atom is -0.384 e. The van der Waals surface area contributed by atoms with Crippen LogP contribution in [0.25, 0.3) is 39.2 Å². The van der Waals surface area contributed by atoms with Crippen LogP contribution < -0.4 is 5.73 Å². The molecule has 0 saturated carbocycles. The van der Waals surface area contributed by atoms with Crippen LogP contribution in [0.3, 0.4) is 0 Å². The lowest BCUT2D eigenvalue weighted by atomic mass is 10.1. The van der Waals surface area contributed by atoms with Crippen molar-refractivity contribution in [3.63, 3.8) is 0 Å². The lowest BCUT2D eigenvalue weighted by Crippen LogP contribution is -2.11. The maximum atomic E-state index is 13.6. The average Bonchev–Trinajstić information content (AvgIpc) is 3.25. The molecule has 0 radical (unpaired) electrons. The van der Waals surface area contributed by atoms with Crippen LogP contribution in [0.2, 0.25) is 0 Å². The van der Waals surface area contributed by atoms with Gasteiger partial charge in [0.15, 0.2) is 0 Å². The molecule has 0 fully saturated rings. The average molecular weight is 407 g/mol. The molecule has 0 bridgehead atoms. The van der Waals surface area contributed by atoms with Crippen molar-refractivity contribution in [2.24, 2.45) is 5.73 Å². The number of amidine groups is 1. The first-order valence-electron chi connectivity index (χ1n) is 9.75. The van der Waals surface area contributed by atoms with Crippen molar-refractivity contribution in [3.05, 3.63) is 102 Å². The van der Waals surface area contributed by atoms with Crippen LogP contribution in [0.1, 0.15) is 5.56 Å². The lowest BCUT2D eigenvalue weighted by Gasteiger charge is -2.09. The molecule has 0 aliphatic rings. The number of rotatable bonds is 4. The fraction of sp³-hybridized carbons (Fsp3) is 0. The molecule has 2 heterocycles. The number of pyridine rings is 1. The van der Waals surface area contributed by atoms with Crippen LogP contribution in [0.5, 0.6) is 0 Å². The fourth-order valence-corrected chi connectivity index (χ4v) is 3.53. The van der Waals surface area contributed by atoms with Gasteiger partial charge in [-0.15, -0.1) is 0 Å². The van der Waals surface area contributed by atoms with Gasteiger partial charge >= 0.3 is 0 Å². The number of benzene rings is 3. The minimum absolute atomic E-state index is 0.0145. The molecule has 5 aromatic rings. The summed E-state index contributed by atoms with van der Waals surface area (Å²) in [6.45, 7) is 0. The summed E-state index contributed by atoms with van der Waals surface area (Å²) in [5, 5.41) is 13.2. The van der Waals surface area contributed by atoms with Crippen molar-refractivity contribution >= 4 is 16.7 Å². The Balaban J connectivity index is 1.68. The van der Waals surface area contributed by atoms with E-state index in [2.05, 4.69) is 0 Å². The van der Waals surface area contributed by atoms with Gasteiger partial charge in [-0.05, 0) is 54.6 Å². The normalized spacial score (nSPS) is 11.0. The first kappa shape index (κ1) is 18.7. The topological polar surface area (TPSA) is 80.6 Å². The number of nitrogens with two attached hydrogens (primary N) is 1. The molecule has 2 aromatic heterocycles. The van der Waals surface area contributed by atoms with Gasteiger partial charge in [0, 0.05) is 16.5 Å². The molecule has 3 aromatic carbocycles. The van der Waals surface area contributed by atoms with E-state index < -0.39 is 0 Å². The van der Waals surface area contributed by atoms with E-state index in [-0.39, 0.29) is 11.7 Å². The molecule has 0 amide bonds. The molecule has 0 saturated heterocycles. The first-order chi connectivity index (χ1) is 15.1. The third-order valence-corrected chi connectivity index (χ3v) is 5.12. The van der Waals surface area contributed by atoms with Crippen LogP contribution >= 0.6 is 0 Å². The highest BCUT2D eigenvalue weighted by atomic mass is 19.1. The molecular weight excluding hydrogens is 389 g/mol. The summed E-state index contributed by atoms with van der Waals surface area (Å²) in [7, 11) is 0. The van der Waals surface area contributed by atoms with Crippen molar-refractivity contribution in [1.29, 1.82) is 5.41 Å². The maximum absolute atomic E-state index is 13.6. The molecule has 5 rings (SSSR count). The van der Waals surface area contributed by atoms with Crippen LogP contribution in [0, 0.1) is 11.2 Å². The molecule has 0 aliphatic heterocycles. The predicted octanol–water partition coefficient (Wildman–Crippen LogP) is 5.18. The smallest absolute Gasteiger partial charge is 0.123 e. The number of nitrogen functional groups attached to an aromatic ring is 1. The Morgan fingerprint density at radius 2 is 1.61 bits per heavy atom. The van der Waals surface area contributed by atoms with Crippen LogP contribution in [-0.2, 0) is 0 Å². The molecule has 31 heavy (non-hydrogen) atoms. The van der Waals surface area contributed by atoms with Crippen molar-refractivity contribution < 1.29 is 4.39 Å².